The summed E-state index contributed by atoms with van der Waals surface area (Å²) in [4.78, 5) is 45.4. The van der Waals surface area contributed by atoms with Gasteiger partial charge in [-0.25, -0.2) is 9.59 Å². The first-order chi connectivity index (χ1) is 25.3. The van der Waals surface area contributed by atoms with E-state index in [4.69, 9.17) is 0 Å². The van der Waals surface area contributed by atoms with Crippen LogP contribution < -0.4 is 11.4 Å². The molecule has 2 aliphatic carbocycles. The Balaban J connectivity index is 0.000000165. The van der Waals surface area contributed by atoms with Crippen LogP contribution in [-0.4, -0.2) is 44.2 Å². The van der Waals surface area contributed by atoms with E-state index in [2.05, 4.69) is 73.0 Å². The second kappa shape index (κ2) is 13.7. The fourth-order valence-corrected chi connectivity index (χ4v) is 9.04. The predicted octanol–water partition coefficient (Wildman–Crippen LogP) is 9.62. The van der Waals surface area contributed by atoms with E-state index in [9.17, 15) is 14.4 Å². The number of Topliss-reactive ketones (excluding diaryl/α,β-unsaturated/α-hetero) is 1. The van der Waals surface area contributed by atoms with Crippen molar-refractivity contribution in [2.45, 2.75) is 139 Å². The van der Waals surface area contributed by atoms with Crippen LogP contribution in [0.25, 0.3) is 55.3 Å². The van der Waals surface area contributed by atoms with Gasteiger partial charge in [-0.05, 0) is 136 Å². The minimum absolute atomic E-state index is 0. The summed E-state index contributed by atoms with van der Waals surface area (Å²) < 4.78 is 7.55. The fraction of sp³-hybridized carbons (Fsp3) is 0.488. The third-order valence-corrected chi connectivity index (χ3v) is 11.5. The zero-order valence-electron chi connectivity index (χ0n) is 32.5. The number of benzene rings is 2. The normalized spacial score (nSPS) is 14.6. The topological polar surface area (TPSA) is 131 Å². The highest BCUT2D eigenvalue weighted by Gasteiger charge is 2.26. The highest BCUT2D eigenvalue weighted by atomic mass is 16.2. The van der Waals surface area contributed by atoms with Crippen molar-refractivity contribution in [2.24, 2.45) is 0 Å². The number of nitrogens with zero attached hydrogens (tertiary/aromatic N) is 5. The zero-order valence-corrected chi connectivity index (χ0v) is 32.5. The molecule has 2 aromatic carbocycles. The first-order valence-electron chi connectivity index (χ1n) is 19.5. The van der Waals surface area contributed by atoms with Crippen LogP contribution in [-0.2, 0) is 19.3 Å². The van der Waals surface area contributed by atoms with E-state index < -0.39 is 0 Å². The van der Waals surface area contributed by atoms with E-state index in [0.717, 1.165) is 105 Å². The average molecular weight is 733 g/mol. The molecule has 7 aromatic rings. The Morgan fingerprint density at radius 1 is 0.556 bits per heavy atom. The summed E-state index contributed by atoms with van der Waals surface area (Å²) in [6.45, 7) is 18.5. The van der Waals surface area contributed by atoms with Gasteiger partial charge < -0.3 is 9.97 Å². The lowest BCUT2D eigenvalue weighted by molar-refractivity contribution is 0.0978. The average Bonchev–Trinajstić information content (AvgIpc) is 3.82. The Morgan fingerprint density at radius 3 is 1.46 bits per heavy atom. The second-order valence-corrected chi connectivity index (χ2v) is 16.3. The van der Waals surface area contributed by atoms with Gasteiger partial charge in [-0.15, -0.1) is 0 Å². The van der Waals surface area contributed by atoms with Gasteiger partial charge in [0.05, 0.1) is 33.5 Å². The summed E-state index contributed by atoms with van der Waals surface area (Å²) in [6.07, 6.45) is 6.70. The standard InChI is InChI=1S/C22H27N5O.C20H25N3O2.CH4/c1-11(2)26-18-9-16-15-8-6-7-14-13(5)24-25-21(14)20(15)23-17(16)10-19(18)27(12(3)4)22(26)28;1-11(2)22-16-9-14-13-7-5-6-8-18(24)19(13)21-15(14)10-17(16)23(12(3)4)20(22)25;/h9-12,23H,6-8H2,1-5H3,(H,24,25);9-12,21H,5-8H2,1-4H3;1H4. The Bertz CT molecular complexity index is 2700. The largest absolute Gasteiger partial charge is 0.353 e. The van der Waals surface area contributed by atoms with Crippen LogP contribution in [0.2, 0.25) is 0 Å². The SMILES string of the molecule is C.CC(C)n1c(=O)n(C(C)C)c2cc3c4c([nH]c3cc21)C(=O)CCCC4.Cc1[nH]nc2c1CCCc1c-2[nH]c2cc3c(cc12)n(C(C)C)c(=O)n3C(C)C. The van der Waals surface area contributed by atoms with Gasteiger partial charge in [-0.3, -0.25) is 28.2 Å². The molecular formula is C43H56N8O3. The minimum Gasteiger partial charge on any atom is -0.353 e. The smallest absolute Gasteiger partial charge is 0.329 e. The maximum absolute atomic E-state index is 13.1. The number of aromatic amines is 3. The predicted molar refractivity (Wildman–Crippen MR) is 221 cm³/mol. The number of rotatable bonds is 4. The summed E-state index contributed by atoms with van der Waals surface area (Å²) in [7, 11) is 0. The first-order valence-corrected chi connectivity index (χ1v) is 19.5. The van der Waals surface area contributed by atoms with Crippen LogP contribution in [0.4, 0.5) is 0 Å². The lowest BCUT2D eigenvalue weighted by Gasteiger charge is -2.07. The molecule has 0 unspecified atom stereocenters. The van der Waals surface area contributed by atoms with Crippen LogP contribution in [0.3, 0.4) is 0 Å². The molecule has 54 heavy (non-hydrogen) atoms. The van der Waals surface area contributed by atoms with Crippen molar-refractivity contribution in [1.82, 2.24) is 38.4 Å². The van der Waals surface area contributed by atoms with Crippen LogP contribution in [0.5, 0.6) is 0 Å². The summed E-state index contributed by atoms with van der Waals surface area (Å²) in [5, 5.41) is 10.1. The molecule has 0 aliphatic heterocycles. The monoisotopic (exact) mass is 732 g/mol. The van der Waals surface area contributed by atoms with Crippen molar-refractivity contribution in [3.63, 3.8) is 0 Å². The molecular weight excluding hydrogens is 677 g/mol. The fourth-order valence-electron chi connectivity index (χ4n) is 9.04. The molecule has 0 saturated carbocycles. The molecule has 0 radical (unpaired) electrons. The van der Waals surface area contributed by atoms with Gasteiger partial charge in [0.1, 0.15) is 5.69 Å². The van der Waals surface area contributed by atoms with Gasteiger partial charge >= 0.3 is 11.4 Å². The van der Waals surface area contributed by atoms with Crippen molar-refractivity contribution in [3.8, 4) is 11.4 Å². The molecule has 3 N–H and O–H groups in total. The van der Waals surface area contributed by atoms with Gasteiger partial charge in [0.25, 0.3) is 0 Å². The van der Waals surface area contributed by atoms with Gasteiger partial charge in [0, 0.05) is 63.7 Å². The van der Waals surface area contributed by atoms with Crippen molar-refractivity contribution < 1.29 is 4.79 Å². The number of imidazole rings is 2. The van der Waals surface area contributed by atoms with E-state index in [1.54, 1.807) is 0 Å². The molecule has 0 amide bonds. The Morgan fingerprint density at radius 2 is 0.963 bits per heavy atom. The third kappa shape index (κ3) is 5.61. The van der Waals surface area contributed by atoms with Gasteiger partial charge in [-0.1, -0.05) is 7.43 Å². The van der Waals surface area contributed by atoms with Crippen LogP contribution in [0.15, 0.2) is 33.9 Å². The molecule has 11 heteroatoms. The van der Waals surface area contributed by atoms with Crippen LogP contribution in [0, 0.1) is 6.92 Å². The van der Waals surface area contributed by atoms with E-state index >= 15 is 0 Å². The van der Waals surface area contributed by atoms with Crippen molar-refractivity contribution >= 4 is 49.7 Å². The molecule has 9 rings (SSSR count). The summed E-state index contributed by atoms with van der Waals surface area (Å²) in [5.41, 5.74) is 14.0. The number of aryl methyl sites for hydroxylation is 3. The Hall–Kier alpha value is -5.06. The molecule has 0 bridgehead atoms. The zero-order chi connectivity index (χ0) is 37.6. The van der Waals surface area contributed by atoms with E-state index in [1.165, 1.54) is 16.5 Å². The molecule has 0 spiro atoms. The molecule has 0 atom stereocenters. The maximum atomic E-state index is 13.1. The van der Waals surface area contributed by atoms with Crippen LogP contribution >= 0.6 is 0 Å². The lowest BCUT2D eigenvalue weighted by Crippen LogP contribution is -2.26. The van der Waals surface area contributed by atoms with Crippen molar-refractivity contribution in [1.29, 1.82) is 0 Å². The van der Waals surface area contributed by atoms with E-state index in [0.29, 0.717) is 6.42 Å². The number of fused-ring (bicyclic) bond motifs is 10. The number of hydrogen-bond acceptors (Lipinski definition) is 4. The summed E-state index contributed by atoms with van der Waals surface area (Å²) in [6, 6.07) is 8.93. The summed E-state index contributed by atoms with van der Waals surface area (Å²) >= 11 is 0. The first kappa shape index (κ1) is 37.3. The number of nitrogens with one attached hydrogen (secondary N) is 3. The molecule has 5 aromatic heterocycles. The number of carbonyl (C=O) groups is 1. The molecule has 2 aliphatic rings. The summed E-state index contributed by atoms with van der Waals surface area (Å²) in [5.74, 6) is 0.210. The third-order valence-electron chi connectivity index (χ3n) is 11.5. The number of carbonyl (C=O) groups excluding carboxylic acids is 1. The number of aromatic nitrogens is 8. The van der Waals surface area contributed by atoms with Crippen molar-refractivity contribution in [2.75, 3.05) is 0 Å². The Kier molecular flexibility index (Phi) is 9.43. The molecule has 5 heterocycles. The quantitative estimate of drug-likeness (QED) is 0.156. The Labute approximate surface area is 315 Å². The van der Waals surface area contributed by atoms with Gasteiger partial charge in [0.15, 0.2) is 5.78 Å². The molecule has 11 nitrogen and oxygen atoms in total. The van der Waals surface area contributed by atoms with Crippen molar-refractivity contribution in [3.05, 3.63) is 73.3 Å². The second-order valence-electron chi connectivity index (χ2n) is 16.3. The highest BCUT2D eigenvalue weighted by molar-refractivity contribution is 6.05. The number of ketones is 1. The maximum Gasteiger partial charge on any atom is 0.329 e. The van der Waals surface area contributed by atoms with Gasteiger partial charge in [0.2, 0.25) is 0 Å². The van der Waals surface area contributed by atoms with Gasteiger partial charge in [-0.2, -0.15) is 5.10 Å². The van der Waals surface area contributed by atoms with E-state index in [1.807, 2.05) is 52.0 Å². The number of hydrogen-bond donors (Lipinski definition) is 3. The number of H-pyrrole nitrogens is 3. The van der Waals surface area contributed by atoms with E-state index in [-0.39, 0.29) is 48.8 Å². The molecule has 286 valence electrons. The van der Waals surface area contributed by atoms with Crippen LogP contribution in [0.1, 0.15) is 146 Å². The lowest BCUT2D eigenvalue weighted by atomic mass is 10.1. The molecule has 0 fully saturated rings. The highest BCUT2D eigenvalue weighted by Crippen LogP contribution is 2.38. The molecule has 0 saturated heterocycles. The minimum atomic E-state index is 0.